The molecule has 5 heteroatoms. The largest absolute Gasteiger partial charge is 0.481 e. The van der Waals surface area contributed by atoms with Gasteiger partial charge in [-0.05, 0) is 30.9 Å². The summed E-state index contributed by atoms with van der Waals surface area (Å²) in [6.07, 6.45) is 4.75. The molecule has 1 saturated heterocycles. The van der Waals surface area contributed by atoms with Crippen LogP contribution in [0.25, 0.3) is 0 Å². The van der Waals surface area contributed by atoms with Gasteiger partial charge in [0, 0.05) is 25.4 Å². The zero-order chi connectivity index (χ0) is 12.8. The fourth-order valence-electron chi connectivity index (χ4n) is 2.05. The van der Waals surface area contributed by atoms with Crippen molar-refractivity contribution in [3.63, 3.8) is 0 Å². The highest BCUT2D eigenvalue weighted by atomic mass is 16.5. The lowest BCUT2D eigenvalue weighted by atomic mass is 10.1. The molecule has 1 atom stereocenters. The van der Waals surface area contributed by atoms with E-state index in [0.29, 0.717) is 12.4 Å². The minimum absolute atomic E-state index is 0.0911. The van der Waals surface area contributed by atoms with Crippen LogP contribution in [-0.4, -0.2) is 30.6 Å². The number of carbonyl (C=O) groups is 1. The number of ether oxygens (including phenoxy) is 1. The van der Waals surface area contributed by atoms with Crippen LogP contribution >= 0.6 is 0 Å². The van der Waals surface area contributed by atoms with Crippen molar-refractivity contribution < 1.29 is 9.53 Å². The SMILES string of the molecule is COc1cc(CNC2CCCCNC2=O)ccn1. The molecule has 1 aromatic heterocycles. The number of nitrogens with zero attached hydrogens (tertiary/aromatic N) is 1. The summed E-state index contributed by atoms with van der Waals surface area (Å²) < 4.78 is 5.07. The predicted molar refractivity (Wildman–Crippen MR) is 68.3 cm³/mol. The highest BCUT2D eigenvalue weighted by molar-refractivity contribution is 5.81. The summed E-state index contributed by atoms with van der Waals surface area (Å²) in [5, 5.41) is 6.20. The van der Waals surface area contributed by atoms with Crippen molar-refractivity contribution in [2.45, 2.75) is 31.8 Å². The lowest BCUT2D eigenvalue weighted by Gasteiger charge is -2.15. The summed E-state index contributed by atoms with van der Waals surface area (Å²) in [7, 11) is 1.60. The van der Waals surface area contributed by atoms with E-state index in [1.165, 1.54) is 0 Å². The second-order valence-corrected chi connectivity index (χ2v) is 4.43. The molecule has 1 aliphatic rings. The Morgan fingerprint density at radius 1 is 1.56 bits per heavy atom. The van der Waals surface area contributed by atoms with E-state index >= 15 is 0 Å². The number of pyridine rings is 1. The second-order valence-electron chi connectivity index (χ2n) is 4.43. The topological polar surface area (TPSA) is 63.2 Å². The van der Waals surface area contributed by atoms with E-state index in [1.54, 1.807) is 13.3 Å². The first kappa shape index (κ1) is 12.8. The van der Waals surface area contributed by atoms with Gasteiger partial charge in [-0.2, -0.15) is 0 Å². The minimum Gasteiger partial charge on any atom is -0.481 e. The van der Waals surface area contributed by atoms with Gasteiger partial charge in [-0.1, -0.05) is 0 Å². The van der Waals surface area contributed by atoms with Gasteiger partial charge < -0.3 is 15.4 Å². The Morgan fingerprint density at radius 3 is 3.28 bits per heavy atom. The second kappa shape index (κ2) is 6.35. The molecule has 2 N–H and O–H groups in total. The van der Waals surface area contributed by atoms with Gasteiger partial charge in [0.2, 0.25) is 11.8 Å². The number of hydrogen-bond donors (Lipinski definition) is 2. The summed E-state index contributed by atoms with van der Waals surface area (Å²) in [5.74, 6) is 0.702. The van der Waals surface area contributed by atoms with Gasteiger partial charge in [-0.15, -0.1) is 0 Å². The summed E-state index contributed by atoms with van der Waals surface area (Å²) >= 11 is 0. The van der Waals surface area contributed by atoms with Crippen molar-refractivity contribution in [2.24, 2.45) is 0 Å². The van der Waals surface area contributed by atoms with Crippen LogP contribution in [-0.2, 0) is 11.3 Å². The van der Waals surface area contributed by atoms with Crippen molar-refractivity contribution in [2.75, 3.05) is 13.7 Å². The Bertz CT molecular complexity index is 409. The molecule has 0 aliphatic carbocycles. The molecule has 0 saturated carbocycles. The van der Waals surface area contributed by atoms with E-state index in [1.807, 2.05) is 12.1 Å². The Kier molecular flexibility index (Phi) is 4.52. The molecule has 98 valence electrons. The Hall–Kier alpha value is -1.62. The Morgan fingerprint density at radius 2 is 2.44 bits per heavy atom. The van der Waals surface area contributed by atoms with Crippen molar-refractivity contribution in [3.8, 4) is 5.88 Å². The van der Waals surface area contributed by atoms with Gasteiger partial charge >= 0.3 is 0 Å². The summed E-state index contributed by atoms with van der Waals surface area (Å²) in [5.41, 5.74) is 1.07. The molecule has 5 nitrogen and oxygen atoms in total. The molecule has 0 bridgehead atoms. The number of carbonyl (C=O) groups excluding carboxylic acids is 1. The van der Waals surface area contributed by atoms with Crippen LogP contribution < -0.4 is 15.4 Å². The Labute approximate surface area is 107 Å². The summed E-state index contributed by atoms with van der Waals surface area (Å²) in [6, 6.07) is 3.71. The first-order chi connectivity index (χ1) is 8.79. The average Bonchev–Trinajstić information content (AvgIpc) is 2.61. The summed E-state index contributed by atoms with van der Waals surface area (Å²) in [4.78, 5) is 15.8. The van der Waals surface area contributed by atoms with E-state index < -0.39 is 0 Å². The molecule has 2 rings (SSSR count). The molecular weight excluding hydrogens is 230 g/mol. The number of methoxy groups -OCH3 is 1. The smallest absolute Gasteiger partial charge is 0.237 e. The first-order valence-corrected chi connectivity index (χ1v) is 6.29. The van der Waals surface area contributed by atoms with Crippen LogP contribution in [0, 0.1) is 0 Å². The van der Waals surface area contributed by atoms with E-state index in [-0.39, 0.29) is 11.9 Å². The average molecular weight is 249 g/mol. The molecule has 0 spiro atoms. The van der Waals surface area contributed by atoms with Crippen LogP contribution in [0.15, 0.2) is 18.3 Å². The highest BCUT2D eigenvalue weighted by Crippen LogP contribution is 2.10. The standard InChI is InChI=1S/C13H19N3O2/c1-18-12-8-10(5-7-14-12)9-16-11-4-2-3-6-15-13(11)17/h5,7-8,11,16H,2-4,6,9H2,1H3,(H,15,17). The van der Waals surface area contributed by atoms with E-state index in [9.17, 15) is 4.79 Å². The quantitative estimate of drug-likeness (QED) is 0.830. The fourth-order valence-corrected chi connectivity index (χ4v) is 2.05. The molecule has 1 aliphatic heterocycles. The van der Waals surface area contributed by atoms with E-state index in [2.05, 4.69) is 15.6 Å². The molecule has 0 radical (unpaired) electrons. The molecule has 1 aromatic rings. The lowest BCUT2D eigenvalue weighted by Crippen LogP contribution is -2.42. The van der Waals surface area contributed by atoms with Gasteiger partial charge in [0.05, 0.1) is 13.2 Å². The number of aromatic nitrogens is 1. The maximum Gasteiger partial charge on any atom is 0.237 e. The van der Waals surface area contributed by atoms with Crippen molar-refractivity contribution in [1.29, 1.82) is 0 Å². The van der Waals surface area contributed by atoms with Gasteiger partial charge in [-0.25, -0.2) is 4.98 Å². The number of nitrogens with one attached hydrogen (secondary N) is 2. The third kappa shape index (κ3) is 3.43. The van der Waals surface area contributed by atoms with Crippen LogP contribution in [0.3, 0.4) is 0 Å². The van der Waals surface area contributed by atoms with Crippen LogP contribution in [0.2, 0.25) is 0 Å². The highest BCUT2D eigenvalue weighted by Gasteiger charge is 2.19. The molecule has 1 unspecified atom stereocenters. The third-order valence-corrected chi connectivity index (χ3v) is 3.10. The van der Waals surface area contributed by atoms with Crippen molar-refractivity contribution in [1.82, 2.24) is 15.6 Å². The van der Waals surface area contributed by atoms with Crippen LogP contribution in [0.4, 0.5) is 0 Å². The monoisotopic (exact) mass is 249 g/mol. The Balaban J connectivity index is 1.91. The lowest BCUT2D eigenvalue weighted by molar-refractivity contribution is -0.122. The van der Waals surface area contributed by atoms with Crippen LogP contribution in [0.1, 0.15) is 24.8 Å². The number of rotatable bonds is 4. The number of hydrogen-bond acceptors (Lipinski definition) is 4. The normalized spacial score (nSPS) is 20.1. The molecule has 18 heavy (non-hydrogen) atoms. The van der Waals surface area contributed by atoms with Gasteiger partial charge in [0.1, 0.15) is 0 Å². The van der Waals surface area contributed by atoms with Crippen molar-refractivity contribution >= 4 is 5.91 Å². The number of amides is 1. The van der Waals surface area contributed by atoms with E-state index in [0.717, 1.165) is 31.4 Å². The molecule has 1 amide bonds. The first-order valence-electron chi connectivity index (χ1n) is 6.29. The zero-order valence-corrected chi connectivity index (χ0v) is 10.6. The maximum absolute atomic E-state index is 11.7. The maximum atomic E-state index is 11.7. The molecule has 1 fully saturated rings. The van der Waals surface area contributed by atoms with Crippen LogP contribution in [0.5, 0.6) is 5.88 Å². The van der Waals surface area contributed by atoms with Gasteiger partial charge in [0.25, 0.3) is 0 Å². The predicted octanol–water partition coefficient (Wildman–Crippen LogP) is 0.848. The van der Waals surface area contributed by atoms with Gasteiger partial charge in [0.15, 0.2) is 0 Å². The van der Waals surface area contributed by atoms with E-state index in [4.69, 9.17) is 4.74 Å². The molecular formula is C13H19N3O2. The molecule has 0 aromatic carbocycles. The van der Waals surface area contributed by atoms with Gasteiger partial charge in [-0.3, -0.25) is 4.79 Å². The third-order valence-electron chi connectivity index (χ3n) is 3.10. The molecule has 2 heterocycles. The minimum atomic E-state index is -0.0911. The fraction of sp³-hybridized carbons (Fsp3) is 0.538. The zero-order valence-electron chi connectivity index (χ0n) is 10.6. The van der Waals surface area contributed by atoms with Crippen molar-refractivity contribution in [3.05, 3.63) is 23.9 Å². The summed E-state index contributed by atoms with van der Waals surface area (Å²) in [6.45, 7) is 1.44.